The lowest BCUT2D eigenvalue weighted by atomic mass is 9.82. The smallest absolute Gasteiger partial charge is 0.243 e. The van der Waals surface area contributed by atoms with E-state index >= 15 is 0 Å². The Kier molecular flexibility index (Phi) is 3.48. The Balaban J connectivity index is 2.03. The predicted molar refractivity (Wildman–Crippen MR) is 69.6 cm³/mol. The number of rotatable bonds is 4. The molecule has 0 aromatic heterocycles. The Morgan fingerprint density at radius 3 is 2.35 bits per heavy atom. The lowest BCUT2D eigenvalue weighted by Crippen LogP contribution is -2.44. The van der Waals surface area contributed by atoms with E-state index in [0.717, 1.165) is 19.6 Å². The first-order chi connectivity index (χ1) is 8.05. The summed E-state index contributed by atoms with van der Waals surface area (Å²) in [7, 11) is 0. The number of hydrogen-bond donors (Lipinski definition) is 1. The number of hydrogen-bond acceptors (Lipinski definition) is 2. The van der Waals surface area contributed by atoms with E-state index in [9.17, 15) is 4.79 Å². The predicted octanol–water partition coefficient (Wildman–Crippen LogP) is 2.51. The Morgan fingerprint density at radius 2 is 1.88 bits per heavy atom. The van der Waals surface area contributed by atoms with E-state index in [-0.39, 0.29) is 5.54 Å². The van der Waals surface area contributed by atoms with Crippen LogP contribution in [0.3, 0.4) is 0 Å². The molecule has 0 spiro atoms. The van der Waals surface area contributed by atoms with Gasteiger partial charge in [0.25, 0.3) is 0 Å². The van der Waals surface area contributed by atoms with E-state index < -0.39 is 0 Å². The third-order valence-corrected chi connectivity index (χ3v) is 5.07. The first-order valence-corrected chi connectivity index (χ1v) is 7.10. The standard InChI is InChI=1S/C14H26N2O/c1-4-13(3)12(17)16(11-15-13)10-14(5-2)8-6-7-9-14/h15H,4-11H2,1-3H3. The molecule has 3 nitrogen and oxygen atoms in total. The number of nitrogens with zero attached hydrogens (tertiary/aromatic N) is 1. The van der Waals surface area contributed by atoms with Gasteiger partial charge in [0, 0.05) is 6.54 Å². The summed E-state index contributed by atoms with van der Waals surface area (Å²) < 4.78 is 0. The van der Waals surface area contributed by atoms with E-state index in [1.165, 1.54) is 32.1 Å². The molecule has 1 amide bonds. The molecule has 0 aromatic rings. The van der Waals surface area contributed by atoms with Crippen molar-refractivity contribution >= 4 is 5.91 Å². The third-order valence-electron chi connectivity index (χ3n) is 5.07. The molecule has 1 atom stereocenters. The monoisotopic (exact) mass is 238 g/mol. The molecule has 1 heterocycles. The Hall–Kier alpha value is -0.570. The van der Waals surface area contributed by atoms with Gasteiger partial charge in [-0.15, -0.1) is 0 Å². The van der Waals surface area contributed by atoms with E-state index in [4.69, 9.17) is 0 Å². The molecule has 0 radical (unpaired) electrons. The van der Waals surface area contributed by atoms with Gasteiger partial charge in [-0.25, -0.2) is 0 Å². The summed E-state index contributed by atoms with van der Waals surface area (Å²) >= 11 is 0. The molecule has 1 N–H and O–H groups in total. The van der Waals surface area contributed by atoms with Gasteiger partial charge in [0.1, 0.15) is 0 Å². The average molecular weight is 238 g/mol. The normalized spacial score (nSPS) is 32.4. The zero-order valence-electron chi connectivity index (χ0n) is 11.5. The summed E-state index contributed by atoms with van der Waals surface area (Å²) in [5, 5.41) is 3.37. The highest BCUT2D eigenvalue weighted by atomic mass is 16.2. The minimum absolute atomic E-state index is 0.305. The topological polar surface area (TPSA) is 32.3 Å². The highest BCUT2D eigenvalue weighted by Crippen LogP contribution is 2.42. The van der Waals surface area contributed by atoms with Crippen LogP contribution in [0.5, 0.6) is 0 Å². The maximum absolute atomic E-state index is 12.4. The zero-order chi connectivity index (χ0) is 12.5. The number of carbonyl (C=O) groups is 1. The first kappa shape index (κ1) is 12.9. The SMILES string of the molecule is CCC1(CN2CNC(C)(CC)C2=O)CCCC1. The molecule has 3 heteroatoms. The third kappa shape index (κ3) is 2.22. The van der Waals surface area contributed by atoms with Crippen LogP contribution in [0.1, 0.15) is 59.3 Å². The van der Waals surface area contributed by atoms with Gasteiger partial charge < -0.3 is 4.90 Å². The van der Waals surface area contributed by atoms with Crippen molar-refractivity contribution in [3.63, 3.8) is 0 Å². The second-order valence-corrected chi connectivity index (χ2v) is 6.08. The van der Waals surface area contributed by atoms with E-state index in [1.807, 2.05) is 6.92 Å². The van der Waals surface area contributed by atoms with E-state index in [1.54, 1.807) is 0 Å². The van der Waals surface area contributed by atoms with Gasteiger partial charge in [-0.05, 0) is 38.0 Å². The molecule has 2 fully saturated rings. The summed E-state index contributed by atoms with van der Waals surface area (Å²) in [5.41, 5.74) is 0.101. The van der Waals surface area contributed by atoms with Crippen LogP contribution in [0.4, 0.5) is 0 Å². The largest absolute Gasteiger partial charge is 0.328 e. The molecule has 1 aliphatic carbocycles. The molecule has 1 saturated carbocycles. The van der Waals surface area contributed by atoms with Crippen molar-refractivity contribution in [2.75, 3.05) is 13.2 Å². The van der Waals surface area contributed by atoms with Crippen LogP contribution >= 0.6 is 0 Å². The fourth-order valence-electron chi connectivity index (χ4n) is 3.32. The van der Waals surface area contributed by atoms with Gasteiger partial charge in [-0.2, -0.15) is 0 Å². The van der Waals surface area contributed by atoms with Crippen molar-refractivity contribution in [1.82, 2.24) is 10.2 Å². The average Bonchev–Trinajstić information content (AvgIpc) is 2.91. The Bertz CT molecular complexity index is 297. The quantitative estimate of drug-likeness (QED) is 0.816. The summed E-state index contributed by atoms with van der Waals surface area (Å²) in [5.74, 6) is 0.305. The van der Waals surface area contributed by atoms with E-state index in [0.29, 0.717) is 11.3 Å². The van der Waals surface area contributed by atoms with Crippen molar-refractivity contribution in [3.8, 4) is 0 Å². The molecular formula is C14H26N2O. The van der Waals surface area contributed by atoms with Crippen molar-refractivity contribution in [2.45, 2.75) is 64.8 Å². The van der Waals surface area contributed by atoms with Gasteiger partial charge in [0.2, 0.25) is 5.91 Å². The maximum atomic E-state index is 12.4. The second kappa shape index (κ2) is 4.60. The van der Waals surface area contributed by atoms with Gasteiger partial charge in [0.05, 0.1) is 12.2 Å². The van der Waals surface area contributed by atoms with Gasteiger partial charge >= 0.3 is 0 Å². The molecule has 98 valence electrons. The number of nitrogens with one attached hydrogen (secondary N) is 1. The minimum Gasteiger partial charge on any atom is -0.328 e. The summed E-state index contributed by atoms with van der Waals surface area (Å²) in [6.45, 7) is 8.09. The summed E-state index contributed by atoms with van der Waals surface area (Å²) in [4.78, 5) is 14.4. The van der Waals surface area contributed by atoms with Crippen molar-refractivity contribution in [1.29, 1.82) is 0 Å². The van der Waals surface area contributed by atoms with Crippen molar-refractivity contribution < 1.29 is 4.79 Å². The van der Waals surface area contributed by atoms with Crippen LogP contribution in [0.25, 0.3) is 0 Å². The Morgan fingerprint density at radius 1 is 1.24 bits per heavy atom. The number of carbonyl (C=O) groups excluding carboxylic acids is 1. The minimum atomic E-state index is -0.312. The molecule has 0 bridgehead atoms. The summed E-state index contributed by atoms with van der Waals surface area (Å²) in [6.07, 6.45) is 7.37. The fourth-order valence-corrected chi connectivity index (χ4v) is 3.32. The van der Waals surface area contributed by atoms with Crippen LogP contribution in [0.2, 0.25) is 0 Å². The molecule has 2 rings (SSSR count). The molecule has 1 saturated heterocycles. The molecule has 17 heavy (non-hydrogen) atoms. The lowest BCUT2D eigenvalue weighted by molar-refractivity contribution is -0.133. The van der Waals surface area contributed by atoms with Gasteiger partial charge in [-0.3, -0.25) is 10.1 Å². The van der Waals surface area contributed by atoms with E-state index in [2.05, 4.69) is 24.1 Å². The van der Waals surface area contributed by atoms with Gasteiger partial charge in [0.15, 0.2) is 0 Å². The van der Waals surface area contributed by atoms with Crippen LogP contribution in [-0.4, -0.2) is 29.6 Å². The summed E-state index contributed by atoms with van der Waals surface area (Å²) in [6, 6.07) is 0. The molecular weight excluding hydrogens is 212 g/mol. The van der Waals surface area contributed by atoms with Gasteiger partial charge in [-0.1, -0.05) is 26.7 Å². The molecule has 2 aliphatic rings. The first-order valence-electron chi connectivity index (χ1n) is 7.10. The fraction of sp³-hybridized carbons (Fsp3) is 0.929. The highest BCUT2D eigenvalue weighted by Gasteiger charge is 2.44. The zero-order valence-corrected chi connectivity index (χ0v) is 11.5. The molecule has 0 aromatic carbocycles. The van der Waals surface area contributed by atoms with Crippen LogP contribution in [0.15, 0.2) is 0 Å². The van der Waals surface area contributed by atoms with Crippen LogP contribution < -0.4 is 5.32 Å². The van der Waals surface area contributed by atoms with Crippen molar-refractivity contribution in [2.24, 2.45) is 5.41 Å². The molecule has 1 aliphatic heterocycles. The second-order valence-electron chi connectivity index (χ2n) is 6.08. The van der Waals surface area contributed by atoms with Crippen LogP contribution in [-0.2, 0) is 4.79 Å². The Labute approximate surface area is 105 Å². The highest BCUT2D eigenvalue weighted by molar-refractivity contribution is 5.87. The van der Waals surface area contributed by atoms with Crippen molar-refractivity contribution in [3.05, 3.63) is 0 Å². The number of amides is 1. The lowest BCUT2D eigenvalue weighted by Gasteiger charge is -2.32. The van der Waals surface area contributed by atoms with Crippen LogP contribution in [0, 0.1) is 5.41 Å². The molecule has 1 unspecified atom stereocenters. The maximum Gasteiger partial charge on any atom is 0.243 e.